The number of aromatic nitrogens is 4. The zero-order chi connectivity index (χ0) is 19.3. The summed E-state index contributed by atoms with van der Waals surface area (Å²) in [6, 6.07) is 14.7. The maximum absolute atomic E-state index is 12.9. The van der Waals surface area contributed by atoms with Crippen molar-refractivity contribution in [2.45, 2.75) is 6.54 Å². The lowest BCUT2D eigenvalue weighted by Gasteiger charge is -2.06. The molecule has 0 atom stereocenters. The fourth-order valence-corrected chi connectivity index (χ4v) is 3.27. The van der Waals surface area contributed by atoms with Gasteiger partial charge in [-0.15, -0.1) is 16.4 Å². The minimum Gasteiger partial charge on any atom is -0.497 e. The summed E-state index contributed by atoms with van der Waals surface area (Å²) in [7, 11) is 1.61. The molecule has 0 unspecified atom stereocenters. The molecule has 0 saturated carbocycles. The highest BCUT2D eigenvalue weighted by atomic mass is 32.1. The molecule has 0 amide bonds. The van der Waals surface area contributed by atoms with Crippen molar-refractivity contribution in [1.29, 1.82) is 0 Å². The van der Waals surface area contributed by atoms with Crippen molar-refractivity contribution in [1.82, 2.24) is 19.7 Å². The van der Waals surface area contributed by atoms with E-state index in [1.54, 1.807) is 43.0 Å². The van der Waals surface area contributed by atoms with Crippen LogP contribution in [0.2, 0.25) is 0 Å². The standard InChI is InChI=1S/C20H17N5O2S/c1-27-16-6-4-14(5-7-16)18-23-20(22-13-17-3-2-12-28-17)25(24-18)19(26)15-8-10-21-11-9-15/h2-12H,13H2,1H3,(H,22,23,24). The van der Waals surface area contributed by atoms with Gasteiger partial charge in [-0.05, 0) is 47.8 Å². The van der Waals surface area contributed by atoms with Gasteiger partial charge in [0.15, 0.2) is 5.82 Å². The van der Waals surface area contributed by atoms with Gasteiger partial charge >= 0.3 is 0 Å². The molecular formula is C20H17N5O2S. The Morgan fingerprint density at radius 1 is 1.14 bits per heavy atom. The highest BCUT2D eigenvalue weighted by molar-refractivity contribution is 7.09. The second-order valence-corrected chi connectivity index (χ2v) is 6.91. The van der Waals surface area contributed by atoms with Crippen LogP contribution in [0.4, 0.5) is 5.95 Å². The van der Waals surface area contributed by atoms with Gasteiger partial charge in [0.05, 0.1) is 13.7 Å². The molecule has 3 aromatic heterocycles. The third kappa shape index (κ3) is 3.77. The third-order valence-electron chi connectivity index (χ3n) is 4.08. The number of methoxy groups -OCH3 is 1. The van der Waals surface area contributed by atoms with Crippen molar-refractivity contribution >= 4 is 23.2 Å². The van der Waals surface area contributed by atoms with Crippen LogP contribution in [0.25, 0.3) is 11.4 Å². The second kappa shape index (κ2) is 8.01. The third-order valence-corrected chi connectivity index (χ3v) is 4.95. The van der Waals surface area contributed by atoms with Gasteiger partial charge in [-0.2, -0.15) is 9.67 Å². The van der Waals surface area contributed by atoms with E-state index < -0.39 is 0 Å². The lowest BCUT2D eigenvalue weighted by Crippen LogP contribution is -2.17. The van der Waals surface area contributed by atoms with E-state index in [1.807, 2.05) is 41.8 Å². The quantitative estimate of drug-likeness (QED) is 0.540. The van der Waals surface area contributed by atoms with Crippen LogP contribution in [0.15, 0.2) is 66.3 Å². The van der Waals surface area contributed by atoms with Crippen LogP contribution in [-0.4, -0.2) is 32.8 Å². The second-order valence-electron chi connectivity index (χ2n) is 5.87. The Balaban J connectivity index is 1.69. The molecule has 0 spiro atoms. The van der Waals surface area contributed by atoms with Crippen LogP contribution in [-0.2, 0) is 6.54 Å². The Hall–Kier alpha value is -3.52. The largest absolute Gasteiger partial charge is 0.497 e. The summed E-state index contributed by atoms with van der Waals surface area (Å²) in [5.74, 6) is 1.31. The number of thiophene rings is 1. The number of nitrogens with one attached hydrogen (secondary N) is 1. The van der Waals surface area contributed by atoms with Gasteiger partial charge in [0, 0.05) is 28.4 Å². The lowest BCUT2D eigenvalue weighted by molar-refractivity contribution is 0.0947. The molecule has 7 nitrogen and oxygen atoms in total. The summed E-state index contributed by atoms with van der Waals surface area (Å²) in [6.07, 6.45) is 3.15. The van der Waals surface area contributed by atoms with Crippen LogP contribution in [0.1, 0.15) is 15.2 Å². The van der Waals surface area contributed by atoms with Crippen LogP contribution in [0, 0.1) is 0 Å². The zero-order valence-electron chi connectivity index (χ0n) is 15.1. The Kier molecular flexibility index (Phi) is 5.11. The van der Waals surface area contributed by atoms with Crippen LogP contribution >= 0.6 is 11.3 Å². The first kappa shape index (κ1) is 17.9. The molecule has 0 radical (unpaired) electrons. The van der Waals surface area contributed by atoms with Crippen LogP contribution < -0.4 is 10.1 Å². The number of nitrogens with zero attached hydrogens (tertiary/aromatic N) is 4. The van der Waals surface area contributed by atoms with Crippen molar-refractivity contribution in [2.24, 2.45) is 0 Å². The molecule has 4 aromatic rings. The number of benzene rings is 1. The summed E-state index contributed by atoms with van der Waals surface area (Å²) in [5.41, 5.74) is 1.28. The van der Waals surface area contributed by atoms with Crippen molar-refractivity contribution in [2.75, 3.05) is 12.4 Å². The first-order valence-corrected chi connectivity index (χ1v) is 9.45. The predicted molar refractivity (Wildman–Crippen MR) is 108 cm³/mol. The number of carbonyl (C=O) groups is 1. The summed E-state index contributed by atoms with van der Waals surface area (Å²) in [5, 5.41) is 9.67. The van der Waals surface area contributed by atoms with E-state index in [-0.39, 0.29) is 5.91 Å². The van der Waals surface area contributed by atoms with Crippen molar-refractivity contribution < 1.29 is 9.53 Å². The van der Waals surface area contributed by atoms with E-state index in [1.165, 1.54) is 4.68 Å². The topological polar surface area (TPSA) is 81.9 Å². The summed E-state index contributed by atoms with van der Waals surface area (Å²) in [6.45, 7) is 0.558. The molecule has 28 heavy (non-hydrogen) atoms. The van der Waals surface area contributed by atoms with E-state index in [9.17, 15) is 4.79 Å². The molecule has 0 aliphatic heterocycles. The maximum atomic E-state index is 12.9. The predicted octanol–water partition coefficient (Wildman–Crippen LogP) is 3.71. The molecule has 8 heteroatoms. The highest BCUT2D eigenvalue weighted by Gasteiger charge is 2.19. The molecule has 4 rings (SSSR count). The van der Waals surface area contributed by atoms with E-state index in [4.69, 9.17) is 4.74 Å². The number of rotatable bonds is 6. The van der Waals surface area contributed by atoms with Crippen molar-refractivity contribution in [3.05, 3.63) is 76.7 Å². The summed E-state index contributed by atoms with van der Waals surface area (Å²) in [4.78, 5) is 22.6. The van der Waals surface area contributed by atoms with Gasteiger partial charge < -0.3 is 10.1 Å². The Labute approximate surface area is 165 Å². The molecule has 1 aromatic carbocycles. The van der Waals surface area contributed by atoms with Crippen molar-refractivity contribution in [3.8, 4) is 17.1 Å². The van der Waals surface area contributed by atoms with E-state index in [0.717, 1.165) is 16.2 Å². The first-order valence-electron chi connectivity index (χ1n) is 8.57. The van der Waals surface area contributed by atoms with Gasteiger partial charge in [-0.25, -0.2) is 0 Å². The molecule has 1 N–H and O–H groups in total. The van der Waals surface area contributed by atoms with Gasteiger partial charge in [-0.1, -0.05) is 6.07 Å². The molecule has 3 heterocycles. The Morgan fingerprint density at radius 3 is 2.61 bits per heavy atom. The first-order chi connectivity index (χ1) is 13.7. The fourth-order valence-electron chi connectivity index (χ4n) is 2.63. The Morgan fingerprint density at radius 2 is 1.93 bits per heavy atom. The number of anilines is 1. The number of carbonyl (C=O) groups excluding carboxylic acids is 1. The fraction of sp³-hybridized carbons (Fsp3) is 0.100. The SMILES string of the molecule is COc1ccc(-c2nc(NCc3cccs3)n(C(=O)c3ccncc3)n2)cc1. The van der Waals surface area contributed by atoms with E-state index in [2.05, 4.69) is 20.4 Å². The van der Waals surface area contributed by atoms with E-state index in [0.29, 0.717) is 23.9 Å². The summed E-state index contributed by atoms with van der Waals surface area (Å²) >= 11 is 1.63. The highest BCUT2D eigenvalue weighted by Crippen LogP contribution is 2.22. The molecule has 0 aliphatic rings. The Bertz CT molecular complexity index is 1060. The maximum Gasteiger partial charge on any atom is 0.281 e. The molecule has 0 aliphatic carbocycles. The smallest absolute Gasteiger partial charge is 0.281 e. The van der Waals surface area contributed by atoms with Gasteiger partial charge in [0.25, 0.3) is 5.91 Å². The molecule has 140 valence electrons. The number of pyridine rings is 1. The normalized spacial score (nSPS) is 10.6. The van der Waals surface area contributed by atoms with Gasteiger partial charge in [0.2, 0.25) is 5.95 Å². The van der Waals surface area contributed by atoms with Gasteiger partial charge in [-0.3, -0.25) is 9.78 Å². The van der Waals surface area contributed by atoms with Crippen LogP contribution in [0.3, 0.4) is 0 Å². The minimum atomic E-state index is -0.275. The average Bonchev–Trinajstić information content (AvgIpc) is 3.42. The number of ether oxygens (including phenoxy) is 1. The minimum absolute atomic E-state index is 0.275. The molecule has 0 bridgehead atoms. The molecule has 0 saturated heterocycles. The number of hydrogen-bond donors (Lipinski definition) is 1. The number of hydrogen-bond acceptors (Lipinski definition) is 7. The average molecular weight is 391 g/mol. The molecule has 0 fully saturated rings. The van der Waals surface area contributed by atoms with Crippen LogP contribution in [0.5, 0.6) is 5.75 Å². The lowest BCUT2D eigenvalue weighted by atomic mass is 10.2. The zero-order valence-corrected chi connectivity index (χ0v) is 15.9. The van der Waals surface area contributed by atoms with Crippen molar-refractivity contribution in [3.63, 3.8) is 0 Å². The monoisotopic (exact) mass is 391 g/mol. The molecular weight excluding hydrogens is 374 g/mol. The van der Waals surface area contributed by atoms with Gasteiger partial charge in [0.1, 0.15) is 5.75 Å². The summed E-state index contributed by atoms with van der Waals surface area (Å²) < 4.78 is 6.49. The van der Waals surface area contributed by atoms with E-state index >= 15 is 0 Å².